The summed E-state index contributed by atoms with van der Waals surface area (Å²) in [6, 6.07) is 21.5. The van der Waals surface area contributed by atoms with Crippen molar-refractivity contribution in [2.45, 2.75) is 128 Å². The van der Waals surface area contributed by atoms with E-state index in [0.717, 1.165) is 45.3 Å². The normalized spacial score (nSPS) is 16.6. The molecule has 1 heterocycles. The molecular weight excluding hydrogens is 613 g/mol. The van der Waals surface area contributed by atoms with Gasteiger partial charge in [0.05, 0.1) is 13.2 Å². The number of allylic oxidation sites excluding steroid dienone is 5. The second-order valence-corrected chi connectivity index (χ2v) is 18.1. The highest BCUT2D eigenvalue weighted by Crippen LogP contribution is 2.38. The Bertz CT molecular complexity index is 1170. The van der Waals surface area contributed by atoms with Crippen molar-refractivity contribution in [1.82, 2.24) is 0 Å². The topological polar surface area (TPSA) is 54.0 Å². The predicted molar refractivity (Wildman–Crippen MR) is 202 cm³/mol. The first-order valence-corrected chi connectivity index (χ1v) is 20.3. The third kappa shape index (κ3) is 14.0. The van der Waals surface area contributed by atoms with Crippen LogP contribution in [0.25, 0.3) is 0 Å². The summed E-state index contributed by atoms with van der Waals surface area (Å²) in [5, 5.41) is 2.39. The zero-order chi connectivity index (χ0) is 34.3. The molecule has 1 saturated heterocycles. The van der Waals surface area contributed by atoms with Crippen LogP contribution < -0.4 is 10.4 Å². The van der Waals surface area contributed by atoms with Gasteiger partial charge >= 0.3 is 5.97 Å². The van der Waals surface area contributed by atoms with Gasteiger partial charge in [0, 0.05) is 19.6 Å². The fourth-order valence-electron chi connectivity index (χ4n) is 6.43. The molecule has 0 aliphatic carbocycles. The summed E-state index contributed by atoms with van der Waals surface area (Å²) in [6.07, 6.45) is 28.0. The Balaban J connectivity index is 1.49. The number of carbonyl (C=O) groups is 1. The highest BCUT2D eigenvalue weighted by Gasteiger charge is 2.51. The Morgan fingerprint density at radius 3 is 2.15 bits per heavy atom. The van der Waals surface area contributed by atoms with E-state index in [1.54, 1.807) is 0 Å². The molecule has 1 fully saturated rings. The Labute approximate surface area is 292 Å². The third-order valence-corrected chi connectivity index (χ3v) is 14.1. The van der Waals surface area contributed by atoms with E-state index >= 15 is 0 Å². The first-order chi connectivity index (χ1) is 23.4. The molecule has 3 rings (SSSR count). The lowest BCUT2D eigenvalue weighted by molar-refractivity contribution is -0.162. The largest absolute Gasteiger partial charge is 0.469 e. The first kappa shape index (κ1) is 39.7. The van der Waals surface area contributed by atoms with Crippen LogP contribution in [0.5, 0.6) is 0 Å². The fourth-order valence-corrected chi connectivity index (χ4v) is 11.1. The maximum absolute atomic E-state index is 11.9. The SMILES string of the molecule is COC(=O)CCC[C@@H](/C=C/C=C\C/C=C\CCCCCCCCOC1CCCCO1)O[Si](c1ccccc1)(c1ccccc1)C(C)(C)C. The van der Waals surface area contributed by atoms with Crippen molar-refractivity contribution in [3.63, 3.8) is 0 Å². The monoisotopic (exact) mass is 674 g/mol. The van der Waals surface area contributed by atoms with E-state index in [0.29, 0.717) is 12.8 Å². The van der Waals surface area contributed by atoms with E-state index in [9.17, 15) is 4.79 Å². The lowest BCUT2D eigenvalue weighted by atomic mass is 10.1. The van der Waals surface area contributed by atoms with Crippen molar-refractivity contribution in [3.8, 4) is 0 Å². The van der Waals surface area contributed by atoms with Gasteiger partial charge in [-0.05, 0) is 73.2 Å². The van der Waals surface area contributed by atoms with E-state index in [1.165, 1.54) is 62.4 Å². The van der Waals surface area contributed by atoms with Crippen LogP contribution in [0.1, 0.15) is 111 Å². The average molecular weight is 675 g/mol. The maximum atomic E-state index is 11.9. The van der Waals surface area contributed by atoms with Gasteiger partial charge in [0.15, 0.2) is 6.29 Å². The maximum Gasteiger partial charge on any atom is 0.305 e. The molecule has 6 heteroatoms. The molecular formula is C42H62O5Si. The smallest absolute Gasteiger partial charge is 0.305 e. The number of hydrogen-bond donors (Lipinski definition) is 0. The summed E-state index contributed by atoms with van der Waals surface area (Å²) in [7, 11) is -1.28. The van der Waals surface area contributed by atoms with Crippen molar-refractivity contribution in [2.24, 2.45) is 0 Å². The summed E-state index contributed by atoms with van der Waals surface area (Å²) in [5.74, 6) is -0.180. The van der Waals surface area contributed by atoms with Crippen molar-refractivity contribution >= 4 is 24.7 Å². The van der Waals surface area contributed by atoms with Crippen molar-refractivity contribution < 1.29 is 23.4 Å². The Morgan fingerprint density at radius 1 is 0.854 bits per heavy atom. The Morgan fingerprint density at radius 2 is 1.52 bits per heavy atom. The highest BCUT2D eigenvalue weighted by molar-refractivity contribution is 6.99. The van der Waals surface area contributed by atoms with Gasteiger partial charge in [0.2, 0.25) is 0 Å². The van der Waals surface area contributed by atoms with E-state index in [-0.39, 0.29) is 23.4 Å². The van der Waals surface area contributed by atoms with Gasteiger partial charge < -0.3 is 18.6 Å². The second kappa shape index (κ2) is 22.8. The van der Waals surface area contributed by atoms with Crippen molar-refractivity contribution in [2.75, 3.05) is 20.3 Å². The molecule has 0 bridgehead atoms. The minimum atomic E-state index is -2.73. The molecule has 1 unspecified atom stereocenters. The number of ether oxygens (including phenoxy) is 3. The second-order valence-electron chi connectivity index (χ2n) is 13.9. The highest BCUT2D eigenvalue weighted by atomic mass is 28.4. The van der Waals surface area contributed by atoms with Crippen LogP contribution in [0.2, 0.25) is 5.04 Å². The molecule has 48 heavy (non-hydrogen) atoms. The standard InChI is InChI=1S/C42H62O5Si/c1-42(2,3)48(38-29-19-16-20-30-38,39-31-21-17-22-32-39)47-37(28-26-33-40(43)44-4)27-18-14-12-10-8-6-5-7-9-11-13-15-24-35-45-41-34-23-25-36-46-41/h6,8,12,14,16-22,27,29-32,37,41H,5,7,9-11,13,15,23-26,28,33-36H2,1-4H3/b8-6-,14-12-,27-18+/t37-,41?/m1/s1. The average Bonchev–Trinajstić information content (AvgIpc) is 3.10. The molecule has 264 valence electrons. The summed E-state index contributed by atoms with van der Waals surface area (Å²) >= 11 is 0. The number of carbonyl (C=O) groups excluding carboxylic acids is 1. The Hall–Kier alpha value is -2.77. The van der Waals surface area contributed by atoms with Gasteiger partial charge in [0.1, 0.15) is 0 Å². The van der Waals surface area contributed by atoms with Crippen LogP contribution in [0.15, 0.2) is 97.1 Å². The molecule has 1 aliphatic rings. The summed E-state index contributed by atoms with van der Waals surface area (Å²) < 4.78 is 23.8. The van der Waals surface area contributed by atoms with Gasteiger partial charge in [-0.3, -0.25) is 4.79 Å². The molecule has 5 nitrogen and oxygen atoms in total. The van der Waals surface area contributed by atoms with E-state index in [1.807, 2.05) is 0 Å². The van der Waals surface area contributed by atoms with Gasteiger partial charge in [-0.15, -0.1) is 0 Å². The van der Waals surface area contributed by atoms with Gasteiger partial charge in [-0.2, -0.15) is 0 Å². The molecule has 2 atom stereocenters. The minimum absolute atomic E-state index is 0.0479. The van der Waals surface area contributed by atoms with Crippen LogP contribution in [-0.4, -0.2) is 47.0 Å². The molecule has 2 aromatic carbocycles. The third-order valence-electron chi connectivity index (χ3n) is 9.06. The van der Waals surface area contributed by atoms with Gasteiger partial charge in [-0.1, -0.05) is 144 Å². The Kier molecular flexibility index (Phi) is 18.8. The molecule has 1 aliphatic heterocycles. The van der Waals surface area contributed by atoms with Crippen molar-refractivity contribution in [3.05, 3.63) is 97.1 Å². The number of rotatable bonds is 22. The van der Waals surface area contributed by atoms with Crippen LogP contribution in [0.3, 0.4) is 0 Å². The van der Waals surface area contributed by atoms with Crippen LogP contribution >= 0.6 is 0 Å². The number of methoxy groups -OCH3 is 1. The zero-order valence-corrected chi connectivity index (χ0v) is 31.2. The number of hydrogen-bond acceptors (Lipinski definition) is 5. The number of benzene rings is 2. The van der Waals surface area contributed by atoms with Gasteiger partial charge in [0.25, 0.3) is 8.32 Å². The van der Waals surface area contributed by atoms with Crippen LogP contribution in [0, 0.1) is 0 Å². The lowest BCUT2D eigenvalue weighted by Gasteiger charge is -2.44. The molecule has 0 saturated carbocycles. The number of esters is 1. The van der Waals surface area contributed by atoms with E-state index < -0.39 is 8.32 Å². The van der Waals surface area contributed by atoms with Crippen LogP contribution in [0.4, 0.5) is 0 Å². The van der Waals surface area contributed by atoms with E-state index in [4.69, 9.17) is 18.6 Å². The summed E-state index contributed by atoms with van der Waals surface area (Å²) in [4.78, 5) is 11.9. The van der Waals surface area contributed by atoms with E-state index in [2.05, 4.69) is 118 Å². The van der Waals surface area contributed by atoms with Crippen molar-refractivity contribution in [1.29, 1.82) is 0 Å². The molecule has 0 aromatic heterocycles. The molecule has 0 radical (unpaired) electrons. The molecule has 0 N–H and O–H groups in total. The molecule has 2 aromatic rings. The predicted octanol–water partition coefficient (Wildman–Crippen LogP) is 9.61. The summed E-state index contributed by atoms with van der Waals surface area (Å²) in [5.41, 5.74) is 0. The summed E-state index contributed by atoms with van der Waals surface area (Å²) in [6.45, 7) is 8.58. The first-order valence-electron chi connectivity index (χ1n) is 18.4. The van der Waals surface area contributed by atoms with Crippen LogP contribution in [-0.2, 0) is 23.4 Å². The lowest BCUT2D eigenvalue weighted by Crippen LogP contribution is -2.67. The van der Waals surface area contributed by atoms with Gasteiger partial charge in [-0.25, -0.2) is 0 Å². The fraction of sp³-hybridized carbons (Fsp3) is 0.548. The zero-order valence-electron chi connectivity index (χ0n) is 30.2. The molecule has 0 amide bonds. The quantitative estimate of drug-likeness (QED) is 0.0409. The minimum Gasteiger partial charge on any atom is -0.469 e. The molecule has 0 spiro atoms. The number of unbranched alkanes of at least 4 members (excludes halogenated alkanes) is 6.